The summed E-state index contributed by atoms with van der Waals surface area (Å²) in [4.78, 5) is 17.6. The second-order valence-corrected chi connectivity index (χ2v) is 7.30. The molecule has 7 nitrogen and oxygen atoms in total. The third-order valence-electron chi connectivity index (χ3n) is 5.56. The molecule has 0 radical (unpaired) electrons. The van der Waals surface area contributed by atoms with Crippen molar-refractivity contribution in [3.63, 3.8) is 0 Å². The van der Waals surface area contributed by atoms with Crippen LogP contribution in [-0.2, 0) is 23.2 Å². The fourth-order valence-corrected chi connectivity index (χ4v) is 4.04. The number of para-hydroxylation sites is 1. The zero-order chi connectivity index (χ0) is 18.9. The average Bonchev–Trinajstić information content (AvgIpc) is 3.37. The lowest BCUT2D eigenvalue weighted by atomic mass is 9.92. The summed E-state index contributed by atoms with van der Waals surface area (Å²) >= 11 is 0. The number of nitrogens with one attached hydrogen (secondary N) is 1. The maximum atomic E-state index is 13.1. The molecular formula is C20H25N3O4. The molecule has 4 rings (SSSR count). The first-order chi connectivity index (χ1) is 13.1. The van der Waals surface area contributed by atoms with Crippen LogP contribution in [0.3, 0.4) is 0 Å². The van der Waals surface area contributed by atoms with Crippen LogP contribution in [0.25, 0.3) is 0 Å². The third kappa shape index (κ3) is 3.26. The van der Waals surface area contributed by atoms with Crippen molar-refractivity contribution < 1.29 is 18.8 Å². The zero-order valence-corrected chi connectivity index (χ0v) is 15.8. The first-order valence-electron chi connectivity index (χ1n) is 9.59. The van der Waals surface area contributed by atoms with E-state index in [1.807, 2.05) is 25.1 Å². The largest absolute Gasteiger partial charge is 0.493 e. The number of aromatic nitrogens is 2. The van der Waals surface area contributed by atoms with Crippen LogP contribution in [0.2, 0.25) is 0 Å². The van der Waals surface area contributed by atoms with E-state index in [-0.39, 0.29) is 11.8 Å². The quantitative estimate of drug-likeness (QED) is 0.870. The summed E-state index contributed by atoms with van der Waals surface area (Å²) in [7, 11) is 1.62. The van der Waals surface area contributed by atoms with Gasteiger partial charge in [0.2, 0.25) is 11.8 Å². The molecule has 2 aromatic rings. The molecule has 1 fully saturated rings. The molecule has 1 aromatic carbocycles. The van der Waals surface area contributed by atoms with Crippen LogP contribution in [0.15, 0.2) is 22.7 Å². The molecule has 0 spiro atoms. The summed E-state index contributed by atoms with van der Waals surface area (Å²) in [5, 5.41) is 7.39. The lowest BCUT2D eigenvalue weighted by Gasteiger charge is -2.31. The summed E-state index contributed by atoms with van der Waals surface area (Å²) in [5.41, 5.74) is 0.469. The van der Waals surface area contributed by atoms with Crippen molar-refractivity contribution in [1.82, 2.24) is 15.5 Å². The van der Waals surface area contributed by atoms with Gasteiger partial charge in [-0.3, -0.25) is 4.79 Å². The van der Waals surface area contributed by atoms with Crippen molar-refractivity contribution >= 4 is 5.91 Å². The van der Waals surface area contributed by atoms with Gasteiger partial charge in [-0.2, -0.15) is 4.98 Å². The molecule has 2 aliphatic rings. The smallest absolute Gasteiger partial charge is 0.227 e. The summed E-state index contributed by atoms with van der Waals surface area (Å²) in [5.74, 6) is 2.38. The van der Waals surface area contributed by atoms with Gasteiger partial charge in [-0.05, 0) is 30.9 Å². The molecule has 0 saturated heterocycles. The van der Waals surface area contributed by atoms with Crippen LogP contribution in [-0.4, -0.2) is 29.8 Å². The van der Waals surface area contributed by atoms with E-state index in [0.717, 1.165) is 37.0 Å². The number of nitrogens with zero attached hydrogens (tertiary/aromatic N) is 2. The Morgan fingerprint density at radius 1 is 1.37 bits per heavy atom. The SMILES string of the molecule is CCc1nc(C2(NC(=O)[C@@H]3COc4c(cccc4OC)C3)CCCC2)no1. The number of fused-ring (bicyclic) bond motifs is 1. The predicted octanol–water partition coefficient (Wildman–Crippen LogP) is 2.78. The normalized spacial score (nSPS) is 20.6. The monoisotopic (exact) mass is 371 g/mol. The molecule has 1 amide bonds. The highest BCUT2D eigenvalue weighted by molar-refractivity contribution is 5.80. The van der Waals surface area contributed by atoms with Gasteiger partial charge in [0.05, 0.1) is 13.0 Å². The average molecular weight is 371 g/mol. The number of ether oxygens (including phenoxy) is 2. The minimum absolute atomic E-state index is 0.0202. The lowest BCUT2D eigenvalue weighted by Crippen LogP contribution is -2.49. The van der Waals surface area contributed by atoms with Crippen LogP contribution in [0, 0.1) is 5.92 Å². The number of carbonyl (C=O) groups is 1. The van der Waals surface area contributed by atoms with Crippen molar-refractivity contribution in [2.45, 2.75) is 51.0 Å². The Morgan fingerprint density at radius 2 is 2.19 bits per heavy atom. The molecule has 1 N–H and O–H groups in total. The predicted molar refractivity (Wildman–Crippen MR) is 97.6 cm³/mol. The fourth-order valence-electron chi connectivity index (χ4n) is 4.04. The minimum Gasteiger partial charge on any atom is -0.493 e. The second kappa shape index (κ2) is 7.21. The van der Waals surface area contributed by atoms with Crippen molar-refractivity contribution in [3.8, 4) is 11.5 Å². The molecule has 1 aliphatic heterocycles. The highest BCUT2D eigenvalue weighted by Gasteiger charge is 2.43. The number of amides is 1. The highest BCUT2D eigenvalue weighted by atomic mass is 16.5. The number of methoxy groups -OCH3 is 1. The molecule has 0 bridgehead atoms. The van der Waals surface area contributed by atoms with Gasteiger partial charge >= 0.3 is 0 Å². The van der Waals surface area contributed by atoms with E-state index in [9.17, 15) is 4.79 Å². The van der Waals surface area contributed by atoms with E-state index in [0.29, 0.717) is 36.9 Å². The Balaban J connectivity index is 1.52. The maximum Gasteiger partial charge on any atom is 0.227 e. The number of carbonyl (C=O) groups excluding carboxylic acids is 1. The standard InChI is InChI=1S/C20H25N3O4/c1-3-16-21-19(23-27-16)20(9-4-5-10-20)22-18(24)14-11-13-7-6-8-15(25-2)17(13)26-12-14/h6-8,14H,3-5,9-12H2,1-2H3,(H,22,24)/t14-/m0/s1. The van der Waals surface area contributed by atoms with E-state index in [4.69, 9.17) is 14.0 Å². The van der Waals surface area contributed by atoms with Gasteiger partial charge < -0.3 is 19.3 Å². The van der Waals surface area contributed by atoms with E-state index >= 15 is 0 Å². The summed E-state index contributed by atoms with van der Waals surface area (Å²) in [6.45, 7) is 2.31. The van der Waals surface area contributed by atoms with Crippen molar-refractivity contribution in [2.24, 2.45) is 5.92 Å². The summed E-state index contributed by atoms with van der Waals surface area (Å²) in [6.07, 6.45) is 5.06. The van der Waals surface area contributed by atoms with Gasteiger partial charge in [0.1, 0.15) is 12.1 Å². The van der Waals surface area contributed by atoms with Gasteiger partial charge in [-0.25, -0.2) is 0 Å². The maximum absolute atomic E-state index is 13.1. The zero-order valence-electron chi connectivity index (χ0n) is 15.8. The molecule has 2 heterocycles. The van der Waals surface area contributed by atoms with Crippen LogP contribution in [0.4, 0.5) is 0 Å². The Kier molecular flexibility index (Phi) is 4.76. The van der Waals surface area contributed by atoms with E-state index < -0.39 is 5.54 Å². The minimum atomic E-state index is -0.525. The Morgan fingerprint density at radius 3 is 2.89 bits per heavy atom. The molecule has 1 saturated carbocycles. The number of hydrogen-bond donors (Lipinski definition) is 1. The number of hydrogen-bond acceptors (Lipinski definition) is 6. The summed E-state index contributed by atoms with van der Waals surface area (Å²) in [6, 6.07) is 5.77. The van der Waals surface area contributed by atoms with Crippen LogP contribution in [0.5, 0.6) is 11.5 Å². The number of rotatable bonds is 5. The Labute approximate surface area is 158 Å². The first kappa shape index (κ1) is 17.8. The Hall–Kier alpha value is -2.57. The number of benzene rings is 1. The van der Waals surface area contributed by atoms with Gasteiger partial charge in [-0.15, -0.1) is 0 Å². The molecule has 1 aromatic heterocycles. The molecule has 1 atom stereocenters. The Bertz CT molecular complexity index is 826. The molecule has 1 aliphatic carbocycles. The second-order valence-electron chi connectivity index (χ2n) is 7.30. The van der Waals surface area contributed by atoms with Crippen LogP contribution in [0.1, 0.15) is 49.9 Å². The molecule has 0 unspecified atom stereocenters. The fraction of sp³-hybridized carbons (Fsp3) is 0.550. The number of aryl methyl sites for hydroxylation is 1. The van der Waals surface area contributed by atoms with E-state index in [1.54, 1.807) is 7.11 Å². The van der Waals surface area contributed by atoms with Gasteiger partial charge in [-0.1, -0.05) is 37.1 Å². The topological polar surface area (TPSA) is 86.5 Å². The van der Waals surface area contributed by atoms with E-state index in [2.05, 4.69) is 15.5 Å². The lowest BCUT2D eigenvalue weighted by molar-refractivity contribution is -0.128. The first-order valence-corrected chi connectivity index (χ1v) is 9.59. The van der Waals surface area contributed by atoms with Crippen molar-refractivity contribution in [1.29, 1.82) is 0 Å². The van der Waals surface area contributed by atoms with Crippen molar-refractivity contribution in [3.05, 3.63) is 35.5 Å². The van der Waals surface area contributed by atoms with Crippen LogP contribution < -0.4 is 14.8 Å². The summed E-state index contributed by atoms with van der Waals surface area (Å²) < 4.78 is 16.5. The highest BCUT2D eigenvalue weighted by Crippen LogP contribution is 2.39. The van der Waals surface area contributed by atoms with Crippen molar-refractivity contribution in [2.75, 3.05) is 13.7 Å². The van der Waals surface area contributed by atoms with Gasteiger partial charge in [0, 0.05) is 6.42 Å². The molecule has 7 heteroatoms. The molecule has 27 heavy (non-hydrogen) atoms. The molecular weight excluding hydrogens is 346 g/mol. The van der Waals surface area contributed by atoms with Gasteiger partial charge in [0.25, 0.3) is 0 Å². The molecule has 144 valence electrons. The third-order valence-corrected chi connectivity index (χ3v) is 5.56. The van der Waals surface area contributed by atoms with Gasteiger partial charge in [0.15, 0.2) is 17.3 Å². The van der Waals surface area contributed by atoms with E-state index in [1.165, 1.54) is 0 Å². The van der Waals surface area contributed by atoms with Crippen LogP contribution >= 0.6 is 0 Å².